The van der Waals surface area contributed by atoms with E-state index in [2.05, 4.69) is 21.2 Å². The third-order valence-electron chi connectivity index (χ3n) is 4.50. The van der Waals surface area contributed by atoms with Gasteiger partial charge in [-0.15, -0.1) is 0 Å². The molecule has 3 aromatic carbocycles. The molecule has 0 saturated carbocycles. The van der Waals surface area contributed by atoms with Crippen molar-refractivity contribution >= 4 is 33.6 Å². The van der Waals surface area contributed by atoms with Gasteiger partial charge in [-0.2, -0.15) is 5.26 Å². The molecule has 0 bridgehead atoms. The number of para-hydroxylation sites is 1. The number of nitrogens with zero attached hydrogens (tertiary/aromatic N) is 1. The highest BCUT2D eigenvalue weighted by Crippen LogP contribution is 2.33. The Bertz CT molecular complexity index is 1200. The van der Waals surface area contributed by atoms with Crippen molar-refractivity contribution in [2.75, 3.05) is 12.1 Å². The molecule has 0 aromatic heterocycles. The van der Waals surface area contributed by atoms with Crippen LogP contribution in [0.4, 0.5) is 5.69 Å². The lowest BCUT2D eigenvalue weighted by Crippen LogP contribution is -2.13. The molecule has 0 radical (unpaired) electrons. The summed E-state index contributed by atoms with van der Waals surface area (Å²) in [6.07, 6.45) is 1.52. The van der Waals surface area contributed by atoms with E-state index in [9.17, 15) is 10.1 Å². The summed E-state index contributed by atoms with van der Waals surface area (Å²) < 4.78 is 17.5. The Balaban J connectivity index is 1.50. The van der Waals surface area contributed by atoms with Gasteiger partial charge in [-0.1, -0.05) is 46.3 Å². The largest absolute Gasteiger partial charge is 0.488 e. The topological polar surface area (TPSA) is 80.6 Å². The second kappa shape index (κ2) is 9.37. The molecule has 1 aliphatic heterocycles. The molecule has 0 aliphatic carbocycles. The third-order valence-corrected chi connectivity index (χ3v) is 4.99. The minimum absolute atomic E-state index is 0.0286. The molecular weight excluding hydrogens is 460 g/mol. The first-order chi connectivity index (χ1) is 15.1. The van der Waals surface area contributed by atoms with Crippen LogP contribution in [0.1, 0.15) is 11.1 Å². The molecule has 0 fully saturated rings. The van der Waals surface area contributed by atoms with Gasteiger partial charge in [-0.3, -0.25) is 4.79 Å². The molecule has 31 heavy (non-hydrogen) atoms. The molecule has 4 rings (SSSR count). The van der Waals surface area contributed by atoms with Crippen LogP contribution in [0, 0.1) is 11.3 Å². The van der Waals surface area contributed by atoms with Crippen LogP contribution in [0.5, 0.6) is 17.2 Å². The first-order valence-corrected chi connectivity index (χ1v) is 10.2. The summed E-state index contributed by atoms with van der Waals surface area (Å²) in [6, 6.07) is 22.0. The first-order valence-electron chi connectivity index (χ1n) is 9.41. The van der Waals surface area contributed by atoms with E-state index in [0.717, 1.165) is 10.0 Å². The Morgan fingerprint density at radius 1 is 1.10 bits per heavy atom. The minimum atomic E-state index is -0.494. The van der Waals surface area contributed by atoms with E-state index in [0.29, 0.717) is 35.1 Å². The summed E-state index contributed by atoms with van der Waals surface area (Å²) in [5.41, 5.74) is 2.10. The number of carbonyl (C=O) groups is 1. The monoisotopic (exact) mass is 476 g/mol. The quantitative estimate of drug-likeness (QED) is 0.385. The van der Waals surface area contributed by atoms with Gasteiger partial charge >= 0.3 is 0 Å². The standard InChI is InChI=1S/C24H17BrN2O4/c25-19-5-3-6-20(12-19)27-24(28)18(13-26)11-17-4-1-2-7-21(17)29-14-16-8-9-22-23(10-16)31-15-30-22/h1-12H,14-15H2,(H,27,28)/b18-11-. The van der Waals surface area contributed by atoms with E-state index in [4.69, 9.17) is 14.2 Å². The van der Waals surface area contributed by atoms with Crippen molar-refractivity contribution < 1.29 is 19.0 Å². The molecule has 0 atom stereocenters. The smallest absolute Gasteiger partial charge is 0.266 e. The Kier molecular flexibility index (Phi) is 6.20. The third kappa shape index (κ3) is 5.05. The molecule has 1 amide bonds. The summed E-state index contributed by atoms with van der Waals surface area (Å²) in [7, 11) is 0. The van der Waals surface area contributed by atoms with Crippen LogP contribution in [0.2, 0.25) is 0 Å². The van der Waals surface area contributed by atoms with Gasteiger partial charge in [0, 0.05) is 15.7 Å². The van der Waals surface area contributed by atoms with E-state index < -0.39 is 5.91 Å². The number of hydrogen-bond donors (Lipinski definition) is 1. The Hall–Kier alpha value is -3.76. The fourth-order valence-electron chi connectivity index (χ4n) is 2.99. The Morgan fingerprint density at radius 2 is 1.94 bits per heavy atom. The van der Waals surface area contributed by atoms with Crippen molar-refractivity contribution in [3.8, 4) is 23.3 Å². The van der Waals surface area contributed by atoms with Crippen LogP contribution >= 0.6 is 15.9 Å². The summed E-state index contributed by atoms with van der Waals surface area (Å²) >= 11 is 3.36. The van der Waals surface area contributed by atoms with Gasteiger partial charge < -0.3 is 19.5 Å². The molecule has 1 aliphatic rings. The van der Waals surface area contributed by atoms with Crippen molar-refractivity contribution in [3.05, 3.63) is 87.9 Å². The number of rotatable bonds is 6. The molecule has 0 unspecified atom stereocenters. The highest BCUT2D eigenvalue weighted by molar-refractivity contribution is 9.10. The van der Waals surface area contributed by atoms with Crippen LogP contribution in [0.25, 0.3) is 6.08 Å². The number of fused-ring (bicyclic) bond motifs is 1. The number of amides is 1. The normalized spacial score (nSPS) is 12.2. The van der Waals surface area contributed by atoms with E-state index in [-0.39, 0.29) is 12.4 Å². The van der Waals surface area contributed by atoms with Crippen molar-refractivity contribution in [2.24, 2.45) is 0 Å². The molecular formula is C24H17BrN2O4. The van der Waals surface area contributed by atoms with Crippen molar-refractivity contribution in [2.45, 2.75) is 6.61 Å². The van der Waals surface area contributed by atoms with Gasteiger partial charge in [0.1, 0.15) is 24.0 Å². The molecule has 1 N–H and O–H groups in total. The predicted molar refractivity (Wildman–Crippen MR) is 120 cm³/mol. The summed E-state index contributed by atoms with van der Waals surface area (Å²) in [4.78, 5) is 12.6. The Labute approximate surface area is 187 Å². The van der Waals surface area contributed by atoms with Crippen molar-refractivity contribution in [1.82, 2.24) is 0 Å². The van der Waals surface area contributed by atoms with E-state index in [1.54, 1.807) is 30.3 Å². The van der Waals surface area contributed by atoms with Crippen LogP contribution in [-0.2, 0) is 11.4 Å². The van der Waals surface area contributed by atoms with Crippen molar-refractivity contribution in [3.63, 3.8) is 0 Å². The fraction of sp³-hybridized carbons (Fsp3) is 0.0833. The van der Waals surface area contributed by atoms with Crippen molar-refractivity contribution in [1.29, 1.82) is 5.26 Å². The van der Waals surface area contributed by atoms with Crippen LogP contribution in [0.3, 0.4) is 0 Å². The van der Waals surface area contributed by atoms with Crippen LogP contribution in [0.15, 0.2) is 76.8 Å². The fourth-order valence-corrected chi connectivity index (χ4v) is 3.39. The predicted octanol–water partition coefficient (Wildman–Crippen LogP) is 5.30. The number of nitriles is 1. The second-order valence-corrected chi connectivity index (χ2v) is 7.56. The maximum absolute atomic E-state index is 12.6. The van der Waals surface area contributed by atoms with Gasteiger partial charge in [0.15, 0.2) is 11.5 Å². The summed E-state index contributed by atoms with van der Waals surface area (Å²) in [5, 5.41) is 12.3. The number of hydrogen-bond acceptors (Lipinski definition) is 5. The van der Waals surface area contributed by atoms with Gasteiger partial charge in [0.2, 0.25) is 6.79 Å². The van der Waals surface area contributed by atoms with E-state index in [1.807, 2.05) is 42.5 Å². The number of halogens is 1. The number of ether oxygens (including phenoxy) is 3. The maximum atomic E-state index is 12.6. The number of nitrogens with one attached hydrogen (secondary N) is 1. The average Bonchev–Trinajstić information content (AvgIpc) is 3.24. The SMILES string of the molecule is N#C/C(=C/c1ccccc1OCc1ccc2c(c1)OCO2)C(=O)Nc1cccc(Br)c1. The van der Waals surface area contributed by atoms with Gasteiger partial charge in [0.05, 0.1) is 0 Å². The molecule has 3 aromatic rings. The molecule has 0 saturated heterocycles. The second-order valence-electron chi connectivity index (χ2n) is 6.65. The zero-order valence-corrected chi connectivity index (χ0v) is 17.9. The van der Waals surface area contributed by atoms with E-state index >= 15 is 0 Å². The molecule has 6 nitrogen and oxygen atoms in total. The lowest BCUT2D eigenvalue weighted by atomic mass is 10.1. The molecule has 0 spiro atoms. The average molecular weight is 477 g/mol. The lowest BCUT2D eigenvalue weighted by Gasteiger charge is -2.10. The first kappa shape index (κ1) is 20.5. The van der Waals surface area contributed by atoms with Crippen LogP contribution < -0.4 is 19.5 Å². The summed E-state index contributed by atoms with van der Waals surface area (Å²) in [5.74, 6) is 1.46. The van der Waals surface area contributed by atoms with E-state index in [1.165, 1.54) is 6.08 Å². The lowest BCUT2D eigenvalue weighted by molar-refractivity contribution is -0.112. The maximum Gasteiger partial charge on any atom is 0.266 e. The van der Waals surface area contributed by atoms with Gasteiger partial charge in [-0.25, -0.2) is 0 Å². The number of benzene rings is 3. The number of carbonyl (C=O) groups excluding carboxylic acids is 1. The Morgan fingerprint density at radius 3 is 2.77 bits per heavy atom. The number of anilines is 1. The molecule has 1 heterocycles. The minimum Gasteiger partial charge on any atom is -0.488 e. The van der Waals surface area contributed by atoms with Gasteiger partial charge in [0.25, 0.3) is 5.91 Å². The summed E-state index contributed by atoms with van der Waals surface area (Å²) in [6.45, 7) is 0.514. The van der Waals surface area contributed by atoms with Gasteiger partial charge in [-0.05, 0) is 48.0 Å². The zero-order chi connectivity index (χ0) is 21.6. The highest BCUT2D eigenvalue weighted by Gasteiger charge is 2.14. The molecule has 154 valence electrons. The zero-order valence-electron chi connectivity index (χ0n) is 16.3. The van der Waals surface area contributed by atoms with Crippen LogP contribution in [-0.4, -0.2) is 12.7 Å². The molecule has 7 heteroatoms. The highest BCUT2D eigenvalue weighted by atomic mass is 79.9.